The summed E-state index contributed by atoms with van der Waals surface area (Å²) < 4.78 is 0. The zero-order valence-corrected chi connectivity index (χ0v) is 27.6. The van der Waals surface area contributed by atoms with Crippen molar-refractivity contribution < 1.29 is 20.1 Å². The third kappa shape index (κ3) is 8.49. The molecule has 6 rings (SSSR count). The number of benzene rings is 6. The van der Waals surface area contributed by atoms with E-state index in [1.807, 2.05) is 72.8 Å². The third-order valence-electron chi connectivity index (χ3n) is 8.26. The molecular weight excluding hydrogens is 614 g/mol. The standard InChI is InChI=1S/C39H39N7O3/c1-43(47)34-16-4-28(5-17-34)40-31-10-22-37(23-11-31)46(38-24-12-32(13-25-38)41-29-6-18-35(19-7-29)44(2)48)39-26-14-33(15-27-39)42-30-8-20-36(21-9-30)45(3)49/h4-27,40-45H,1-3H3/p+1. The summed E-state index contributed by atoms with van der Waals surface area (Å²) >= 11 is 0. The minimum atomic E-state index is 0.0400. The van der Waals surface area contributed by atoms with Crippen molar-refractivity contribution in [2.75, 3.05) is 37.1 Å². The van der Waals surface area contributed by atoms with Crippen LogP contribution in [0.3, 0.4) is 0 Å². The number of anilines is 6. The summed E-state index contributed by atoms with van der Waals surface area (Å²) in [5.41, 5.74) is 10.7. The first-order valence-electron chi connectivity index (χ1n) is 16.0. The maximum absolute atomic E-state index is 11.7. The van der Waals surface area contributed by atoms with E-state index in [1.54, 1.807) is 21.1 Å². The lowest BCUT2D eigenvalue weighted by Crippen LogP contribution is -2.98. The Balaban J connectivity index is 1.24. The molecule has 0 saturated heterocycles. The van der Waals surface area contributed by atoms with E-state index in [0.717, 1.165) is 56.1 Å². The van der Waals surface area contributed by atoms with Gasteiger partial charge in [0.05, 0.1) is 21.1 Å². The van der Waals surface area contributed by atoms with Crippen LogP contribution in [0.4, 0.5) is 68.2 Å². The summed E-state index contributed by atoms with van der Waals surface area (Å²) in [6.07, 6.45) is 0. The van der Waals surface area contributed by atoms with E-state index >= 15 is 0 Å². The van der Waals surface area contributed by atoms with Gasteiger partial charge in [0, 0.05) is 107 Å². The molecule has 0 aliphatic carbocycles. The summed E-state index contributed by atoms with van der Waals surface area (Å²) in [6, 6.07) is 47.3. The molecule has 0 fully saturated rings. The highest BCUT2D eigenvalue weighted by Crippen LogP contribution is 2.25. The van der Waals surface area contributed by atoms with Crippen molar-refractivity contribution in [2.45, 2.75) is 0 Å². The number of rotatable bonds is 12. The Morgan fingerprint density at radius 2 is 0.449 bits per heavy atom. The zero-order valence-electron chi connectivity index (χ0n) is 27.6. The van der Waals surface area contributed by atoms with E-state index in [-0.39, 0.29) is 15.2 Å². The highest BCUT2D eigenvalue weighted by molar-refractivity contribution is 5.66. The van der Waals surface area contributed by atoms with Crippen LogP contribution in [-0.2, 0) is 0 Å². The second kappa shape index (κ2) is 15.1. The average Bonchev–Trinajstić information content (AvgIpc) is 3.11. The minimum Gasteiger partial charge on any atom is -0.629 e. The monoisotopic (exact) mass is 654 g/mol. The van der Waals surface area contributed by atoms with Crippen LogP contribution in [0.15, 0.2) is 146 Å². The van der Waals surface area contributed by atoms with Crippen LogP contribution in [0.25, 0.3) is 0 Å². The molecule has 0 aliphatic rings. The Morgan fingerprint density at radius 3 is 0.612 bits per heavy atom. The Morgan fingerprint density at radius 1 is 0.286 bits per heavy atom. The Hall–Kier alpha value is -5.56. The van der Waals surface area contributed by atoms with Crippen LogP contribution in [0.1, 0.15) is 0 Å². The van der Waals surface area contributed by atoms with Crippen LogP contribution >= 0.6 is 0 Å². The molecule has 248 valence electrons. The van der Waals surface area contributed by atoms with Crippen LogP contribution in [-0.4, -0.2) is 21.1 Å². The lowest BCUT2D eigenvalue weighted by molar-refractivity contribution is -0.751. The maximum atomic E-state index is 11.7. The van der Waals surface area contributed by atoms with Crippen molar-refractivity contribution in [2.24, 2.45) is 0 Å². The zero-order chi connectivity index (χ0) is 34.3. The first kappa shape index (κ1) is 33.3. The highest BCUT2D eigenvalue weighted by Gasteiger charge is 2.19. The van der Waals surface area contributed by atoms with Gasteiger partial charge in [-0.05, 0) is 72.8 Å². The molecule has 6 aromatic carbocycles. The fraction of sp³-hybridized carbons (Fsp3) is 0.0769. The number of hydroxylamine groups is 3. The van der Waals surface area contributed by atoms with Gasteiger partial charge in [0.15, 0.2) is 0 Å². The molecule has 6 aromatic rings. The normalized spacial score (nSPS) is 13.6. The number of hydrogen-bond donors (Lipinski definition) is 7. The summed E-state index contributed by atoms with van der Waals surface area (Å²) in [5.74, 6) is 0. The molecule has 0 heterocycles. The topological polar surface area (TPSA) is 123 Å². The van der Waals surface area contributed by atoms with Crippen molar-refractivity contribution in [1.82, 2.24) is 0 Å². The van der Waals surface area contributed by atoms with Gasteiger partial charge in [-0.3, -0.25) is 0 Å². The molecule has 0 radical (unpaired) electrons. The minimum absolute atomic E-state index is 0.0400. The van der Waals surface area contributed by atoms with Gasteiger partial charge < -0.3 is 46.8 Å². The van der Waals surface area contributed by atoms with Gasteiger partial charge in [-0.2, -0.15) is 0 Å². The number of nitrogens with one attached hydrogen (secondary N) is 7. The fourth-order valence-corrected chi connectivity index (χ4v) is 5.53. The molecule has 7 N–H and O–H groups in total. The summed E-state index contributed by atoms with van der Waals surface area (Å²) in [5, 5.41) is 45.4. The van der Waals surface area contributed by atoms with Gasteiger partial charge in [-0.1, -0.05) is 0 Å². The van der Waals surface area contributed by atoms with E-state index in [9.17, 15) is 15.6 Å². The highest BCUT2D eigenvalue weighted by atomic mass is 16.5. The molecule has 10 heteroatoms. The van der Waals surface area contributed by atoms with E-state index in [0.29, 0.717) is 17.1 Å². The predicted octanol–water partition coefficient (Wildman–Crippen LogP) is 5.03. The molecule has 0 spiro atoms. The lowest BCUT2D eigenvalue weighted by atomic mass is 10.1. The molecule has 0 aliphatic heterocycles. The molecule has 10 nitrogen and oxygen atoms in total. The summed E-state index contributed by atoms with van der Waals surface area (Å²) in [7, 11) is 4.69. The fourth-order valence-electron chi connectivity index (χ4n) is 5.53. The molecule has 0 amide bonds. The van der Waals surface area contributed by atoms with Crippen LogP contribution in [0.5, 0.6) is 0 Å². The van der Waals surface area contributed by atoms with Gasteiger partial charge >= 0.3 is 0 Å². The van der Waals surface area contributed by atoms with E-state index in [2.05, 4.69) is 88.7 Å². The van der Waals surface area contributed by atoms with E-state index in [1.165, 1.54) is 0 Å². The van der Waals surface area contributed by atoms with Gasteiger partial charge in [0.1, 0.15) is 34.1 Å². The molecule has 0 saturated carbocycles. The summed E-state index contributed by atoms with van der Waals surface area (Å²) in [4.78, 5) is 1.08. The third-order valence-corrected chi connectivity index (χ3v) is 8.26. The molecule has 0 bridgehead atoms. The van der Waals surface area contributed by atoms with E-state index < -0.39 is 0 Å². The predicted molar refractivity (Wildman–Crippen MR) is 198 cm³/mol. The first-order valence-corrected chi connectivity index (χ1v) is 16.0. The van der Waals surface area contributed by atoms with Crippen molar-refractivity contribution in [3.63, 3.8) is 0 Å². The molecule has 3 unspecified atom stereocenters. The van der Waals surface area contributed by atoms with Crippen molar-refractivity contribution >= 4 is 68.2 Å². The van der Waals surface area contributed by atoms with Crippen LogP contribution < -0.4 is 36.0 Å². The van der Waals surface area contributed by atoms with E-state index in [4.69, 9.17) is 0 Å². The van der Waals surface area contributed by atoms with Gasteiger partial charge in [-0.15, -0.1) is 0 Å². The van der Waals surface area contributed by atoms with Crippen LogP contribution in [0, 0.1) is 15.6 Å². The first-order chi connectivity index (χ1) is 23.7. The number of hydrogen-bond acceptors (Lipinski definition) is 6. The SMILES string of the molecule is C[NH+]([O-])c1ccc(Nc2ccc([NH+](c3ccc(Nc4ccc([NH+](C)[O-])cc4)cc3)c3ccc(Nc4ccc([NH+](C)[O-])cc4)cc3)cc2)cc1. The second-order valence-corrected chi connectivity index (χ2v) is 11.9. The Labute approximate surface area is 286 Å². The Kier molecular flexibility index (Phi) is 10.3. The lowest BCUT2D eigenvalue weighted by Gasteiger charge is -2.20. The van der Waals surface area contributed by atoms with Gasteiger partial charge in [0.25, 0.3) is 0 Å². The van der Waals surface area contributed by atoms with Gasteiger partial charge in [0.2, 0.25) is 0 Å². The van der Waals surface area contributed by atoms with Crippen molar-refractivity contribution in [3.05, 3.63) is 161 Å². The Bertz CT molecular complexity index is 1700. The smallest absolute Gasteiger partial charge is 0.141 e. The van der Waals surface area contributed by atoms with Crippen molar-refractivity contribution in [3.8, 4) is 0 Å². The largest absolute Gasteiger partial charge is 0.629 e. The number of quaternary nitrogens is 4. The van der Waals surface area contributed by atoms with Crippen LogP contribution in [0.2, 0.25) is 0 Å². The second-order valence-electron chi connectivity index (χ2n) is 11.9. The maximum Gasteiger partial charge on any atom is 0.141 e. The molecular formula is C39H40N7O3+. The van der Waals surface area contributed by atoms with Crippen molar-refractivity contribution in [1.29, 1.82) is 0 Å². The molecule has 49 heavy (non-hydrogen) atoms. The quantitative estimate of drug-likeness (QED) is 0.0930. The van der Waals surface area contributed by atoms with Gasteiger partial charge in [-0.25, -0.2) is 4.90 Å². The molecule has 3 atom stereocenters. The molecule has 0 aromatic heterocycles. The average molecular weight is 655 g/mol. The summed E-state index contributed by atoms with van der Waals surface area (Å²) in [6.45, 7) is 0.